The van der Waals surface area contributed by atoms with E-state index < -0.39 is 19.1 Å². The van der Waals surface area contributed by atoms with Crippen LogP contribution in [-0.2, 0) is 6.54 Å². The van der Waals surface area contributed by atoms with Gasteiger partial charge in [-0.15, -0.1) is 0 Å². The number of nitrogens with one attached hydrogen (secondary N) is 1. The molecule has 0 aliphatic rings. The molecule has 2 aromatic carbocycles. The fourth-order valence-electron chi connectivity index (χ4n) is 2.10. The van der Waals surface area contributed by atoms with Crippen LogP contribution in [0, 0.1) is 0 Å². The second-order valence-corrected chi connectivity index (χ2v) is 4.59. The summed E-state index contributed by atoms with van der Waals surface area (Å²) < 4.78 is 31.2. The Balaban J connectivity index is 2.19. The lowest BCUT2D eigenvalue weighted by Crippen LogP contribution is -2.35. The Bertz CT molecular complexity index is 587. The van der Waals surface area contributed by atoms with Crippen molar-refractivity contribution in [2.75, 3.05) is 20.3 Å². The zero-order chi connectivity index (χ0) is 14.6. The Morgan fingerprint density at radius 1 is 1.15 bits per heavy atom. The van der Waals surface area contributed by atoms with E-state index in [9.17, 15) is 8.78 Å². The van der Waals surface area contributed by atoms with Crippen molar-refractivity contribution in [2.45, 2.75) is 12.5 Å². The molecule has 0 aromatic heterocycles. The molecule has 2 aromatic rings. The smallest absolute Gasteiger partial charge is 0.282 e. The molecule has 0 spiro atoms. The second-order valence-electron chi connectivity index (χ2n) is 4.59. The average Bonchev–Trinajstić information content (AvgIpc) is 2.47. The van der Waals surface area contributed by atoms with Crippen molar-refractivity contribution in [1.82, 2.24) is 5.32 Å². The van der Waals surface area contributed by atoms with Gasteiger partial charge in [0.05, 0.1) is 13.7 Å². The summed E-state index contributed by atoms with van der Waals surface area (Å²) in [6.45, 7) is -1.40. The van der Waals surface area contributed by atoms with Crippen molar-refractivity contribution in [3.8, 4) is 5.75 Å². The minimum absolute atomic E-state index is 0.306. The van der Waals surface area contributed by atoms with E-state index in [0.29, 0.717) is 6.54 Å². The van der Waals surface area contributed by atoms with Gasteiger partial charge >= 0.3 is 0 Å². The largest absolute Gasteiger partial charge is 0.496 e. The van der Waals surface area contributed by atoms with Gasteiger partial charge in [0.1, 0.15) is 12.4 Å². The molecule has 0 aliphatic carbocycles. The van der Waals surface area contributed by atoms with Crippen molar-refractivity contribution in [3.63, 3.8) is 0 Å². The van der Waals surface area contributed by atoms with Crippen molar-refractivity contribution >= 4 is 10.8 Å². The Morgan fingerprint density at radius 2 is 1.85 bits per heavy atom. The molecule has 20 heavy (non-hydrogen) atoms. The van der Waals surface area contributed by atoms with Gasteiger partial charge in [0.15, 0.2) is 0 Å². The number of ether oxygens (including phenoxy) is 1. The number of aliphatic hydroxyl groups excluding tert-OH is 1. The lowest BCUT2D eigenvalue weighted by molar-refractivity contribution is -0.0477. The highest BCUT2D eigenvalue weighted by Gasteiger charge is 2.26. The van der Waals surface area contributed by atoms with Gasteiger partial charge in [0.25, 0.3) is 5.92 Å². The lowest BCUT2D eigenvalue weighted by Gasteiger charge is -2.15. The third-order valence-electron chi connectivity index (χ3n) is 3.12. The predicted molar refractivity (Wildman–Crippen MR) is 74.2 cm³/mol. The Hall–Kier alpha value is -1.72. The molecule has 0 aliphatic heterocycles. The van der Waals surface area contributed by atoms with Crippen LogP contribution < -0.4 is 10.1 Å². The molecule has 0 bridgehead atoms. The molecular weight excluding hydrogens is 264 g/mol. The molecule has 0 saturated carbocycles. The first kappa shape index (κ1) is 14.7. The lowest BCUT2D eigenvalue weighted by atomic mass is 10.0. The van der Waals surface area contributed by atoms with Gasteiger partial charge in [-0.05, 0) is 17.0 Å². The minimum atomic E-state index is -3.09. The van der Waals surface area contributed by atoms with Crippen LogP contribution in [0.2, 0.25) is 0 Å². The monoisotopic (exact) mass is 281 g/mol. The topological polar surface area (TPSA) is 41.5 Å². The van der Waals surface area contributed by atoms with Crippen LogP contribution in [-0.4, -0.2) is 31.3 Å². The summed E-state index contributed by atoms with van der Waals surface area (Å²) in [4.78, 5) is 0. The van der Waals surface area contributed by atoms with Gasteiger partial charge in [0, 0.05) is 11.9 Å². The highest BCUT2D eigenvalue weighted by Crippen LogP contribution is 2.28. The van der Waals surface area contributed by atoms with E-state index in [2.05, 4.69) is 5.32 Å². The number of aliphatic hydroxyl groups is 1. The normalized spacial score (nSPS) is 11.8. The third kappa shape index (κ3) is 3.23. The van der Waals surface area contributed by atoms with E-state index in [0.717, 1.165) is 22.1 Å². The summed E-state index contributed by atoms with van der Waals surface area (Å²) in [5, 5.41) is 13.1. The molecule has 0 saturated heterocycles. The predicted octanol–water partition coefficient (Wildman–Crippen LogP) is 2.57. The number of methoxy groups -OCH3 is 1. The number of rotatable bonds is 6. The second kappa shape index (κ2) is 6.15. The van der Waals surface area contributed by atoms with E-state index >= 15 is 0 Å². The van der Waals surface area contributed by atoms with Gasteiger partial charge in [0.2, 0.25) is 0 Å². The van der Waals surface area contributed by atoms with E-state index in [1.807, 2.05) is 36.4 Å². The molecule has 3 nitrogen and oxygen atoms in total. The standard InChI is InChI=1S/C15H17F2NO2/c1-20-14-7-6-11(8-18-9-15(16,17)10-19)12-4-2-3-5-13(12)14/h2-7,18-19H,8-10H2,1H3. The van der Waals surface area contributed by atoms with Crippen LogP contribution in [0.4, 0.5) is 8.78 Å². The Labute approximate surface area is 116 Å². The summed E-state index contributed by atoms with van der Waals surface area (Å²) in [7, 11) is 1.60. The van der Waals surface area contributed by atoms with E-state index in [4.69, 9.17) is 9.84 Å². The van der Waals surface area contributed by atoms with Crippen molar-refractivity contribution in [2.24, 2.45) is 0 Å². The maximum Gasteiger partial charge on any atom is 0.282 e. The summed E-state index contributed by atoms with van der Waals surface area (Å²) in [6.07, 6.45) is 0. The molecule has 0 radical (unpaired) electrons. The van der Waals surface area contributed by atoms with Crippen LogP contribution in [0.3, 0.4) is 0 Å². The summed E-state index contributed by atoms with van der Waals surface area (Å²) in [6, 6.07) is 11.3. The maximum absolute atomic E-state index is 13.0. The number of alkyl halides is 2. The van der Waals surface area contributed by atoms with Crippen LogP contribution in [0.25, 0.3) is 10.8 Å². The summed E-state index contributed by atoms with van der Waals surface area (Å²) >= 11 is 0. The van der Waals surface area contributed by atoms with Gasteiger partial charge in [-0.2, -0.15) is 0 Å². The fraction of sp³-hybridized carbons (Fsp3) is 0.333. The van der Waals surface area contributed by atoms with Crippen LogP contribution >= 0.6 is 0 Å². The van der Waals surface area contributed by atoms with Crippen LogP contribution in [0.15, 0.2) is 36.4 Å². The molecule has 0 heterocycles. The highest BCUT2D eigenvalue weighted by atomic mass is 19.3. The molecule has 2 N–H and O–H groups in total. The van der Waals surface area contributed by atoms with E-state index in [1.165, 1.54) is 0 Å². The van der Waals surface area contributed by atoms with Crippen molar-refractivity contribution < 1.29 is 18.6 Å². The number of halogens is 2. The number of benzene rings is 2. The zero-order valence-electron chi connectivity index (χ0n) is 11.2. The molecule has 5 heteroatoms. The molecule has 0 atom stereocenters. The summed E-state index contributed by atoms with van der Waals surface area (Å²) in [5.41, 5.74) is 0.912. The van der Waals surface area contributed by atoms with Crippen molar-refractivity contribution in [3.05, 3.63) is 42.0 Å². The van der Waals surface area contributed by atoms with Crippen molar-refractivity contribution in [1.29, 1.82) is 0 Å². The first-order valence-electron chi connectivity index (χ1n) is 6.31. The highest BCUT2D eigenvalue weighted by molar-refractivity contribution is 5.91. The molecular formula is C15H17F2NO2. The fourth-order valence-corrected chi connectivity index (χ4v) is 2.10. The van der Waals surface area contributed by atoms with Gasteiger partial charge < -0.3 is 15.2 Å². The minimum Gasteiger partial charge on any atom is -0.496 e. The Morgan fingerprint density at radius 3 is 2.50 bits per heavy atom. The molecule has 0 amide bonds. The van der Waals surface area contributed by atoms with Gasteiger partial charge in [-0.25, -0.2) is 8.78 Å². The molecule has 0 fully saturated rings. The van der Waals surface area contributed by atoms with Gasteiger partial charge in [-0.1, -0.05) is 30.3 Å². The van der Waals surface area contributed by atoms with E-state index in [-0.39, 0.29) is 0 Å². The van der Waals surface area contributed by atoms with Crippen LogP contribution in [0.1, 0.15) is 5.56 Å². The molecule has 0 unspecified atom stereocenters. The first-order chi connectivity index (χ1) is 9.57. The first-order valence-corrected chi connectivity index (χ1v) is 6.31. The third-order valence-corrected chi connectivity index (χ3v) is 3.12. The quantitative estimate of drug-likeness (QED) is 0.855. The molecule has 2 rings (SSSR count). The van der Waals surface area contributed by atoms with Crippen LogP contribution in [0.5, 0.6) is 5.75 Å². The van der Waals surface area contributed by atoms with Gasteiger partial charge in [-0.3, -0.25) is 0 Å². The number of hydrogen-bond donors (Lipinski definition) is 2. The number of fused-ring (bicyclic) bond motifs is 1. The maximum atomic E-state index is 13.0. The SMILES string of the molecule is COc1ccc(CNCC(F)(F)CO)c2ccccc12. The average molecular weight is 281 g/mol. The Kier molecular flexibility index (Phi) is 4.52. The molecule has 108 valence electrons. The summed E-state index contributed by atoms with van der Waals surface area (Å²) in [5.74, 6) is -2.34. The zero-order valence-corrected chi connectivity index (χ0v) is 11.2. The number of hydrogen-bond acceptors (Lipinski definition) is 3. The van der Waals surface area contributed by atoms with E-state index in [1.54, 1.807) is 7.11 Å².